The molecule has 3 N–H and O–H groups in total. The Morgan fingerprint density at radius 3 is 2.35 bits per heavy atom. The number of hydrogen-bond acceptors (Lipinski definition) is 4. The molecule has 162 valence electrons. The minimum absolute atomic E-state index is 0.120. The quantitative estimate of drug-likeness (QED) is 0.489. The van der Waals surface area contributed by atoms with E-state index in [4.69, 9.17) is 4.74 Å². The van der Waals surface area contributed by atoms with Gasteiger partial charge in [-0.25, -0.2) is 4.98 Å². The van der Waals surface area contributed by atoms with Crippen molar-refractivity contribution in [1.29, 1.82) is 0 Å². The number of nitrogens with zero attached hydrogens (tertiary/aromatic N) is 1. The molecule has 2 amide bonds. The Morgan fingerprint density at radius 1 is 1.03 bits per heavy atom. The molecule has 1 heterocycles. The highest BCUT2D eigenvalue weighted by atomic mass is 16.5. The number of aromatic amines is 1. The molecule has 0 aliphatic rings. The smallest absolute Gasteiger partial charge is 0.223 e. The predicted molar refractivity (Wildman–Crippen MR) is 119 cm³/mol. The van der Waals surface area contributed by atoms with Crippen molar-refractivity contribution in [2.75, 3.05) is 7.11 Å². The van der Waals surface area contributed by atoms with Crippen molar-refractivity contribution in [1.82, 2.24) is 20.6 Å². The van der Waals surface area contributed by atoms with Crippen molar-refractivity contribution in [3.05, 3.63) is 72.2 Å². The summed E-state index contributed by atoms with van der Waals surface area (Å²) < 4.78 is 5.18. The van der Waals surface area contributed by atoms with Gasteiger partial charge >= 0.3 is 0 Å². The van der Waals surface area contributed by atoms with E-state index in [0.717, 1.165) is 16.8 Å². The molecule has 0 saturated carbocycles. The Bertz CT molecular complexity index is 999. The van der Waals surface area contributed by atoms with Gasteiger partial charge in [0.05, 0.1) is 37.5 Å². The first-order valence-corrected chi connectivity index (χ1v) is 10.3. The zero-order chi connectivity index (χ0) is 22.2. The average molecular weight is 421 g/mol. The third-order valence-corrected chi connectivity index (χ3v) is 5.04. The Labute approximate surface area is 182 Å². The molecule has 1 aromatic heterocycles. The highest BCUT2D eigenvalue weighted by Crippen LogP contribution is 2.23. The molecule has 0 radical (unpaired) electrons. The van der Waals surface area contributed by atoms with Crippen LogP contribution in [0, 0.1) is 0 Å². The molecule has 7 heteroatoms. The number of aromatic nitrogens is 2. The highest BCUT2D eigenvalue weighted by molar-refractivity contribution is 5.79. The molecule has 3 aromatic rings. The number of benzene rings is 2. The number of imidazole rings is 1. The molecule has 0 aliphatic carbocycles. The summed E-state index contributed by atoms with van der Waals surface area (Å²) in [5.74, 6) is 1.06. The number of H-pyrrole nitrogens is 1. The van der Waals surface area contributed by atoms with E-state index in [-0.39, 0.29) is 24.3 Å². The van der Waals surface area contributed by atoms with Gasteiger partial charge in [0.25, 0.3) is 0 Å². The van der Waals surface area contributed by atoms with E-state index >= 15 is 0 Å². The van der Waals surface area contributed by atoms with E-state index < -0.39 is 6.04 Å². The summed E-state index contributed by atoms with van der Waals surface area (Å²) in [5, 5.41) is 5.89. The summed E-state index contributed by atoms with van der Waals surface area (Å²) in [5.41, 5.74) is 2.77. The van der Waals surface area contributed by atoms with E-state index in [1.165, 1.54) is 6.92 Å². The van der Waals surface area contributed by atoms with E-state index in [1.54, 1.807) is 13.3 Å². The lowest BCUT2D eigenvalue weighted by Crippen LogP contribution is -2.34. The molecule has 0 fully saturated rings. The fourth-order valence-corrected chi connectivity index (χ4v) is 3.41. The second-order valence-electron chi connectivity index (χ2n) is 7.31. The van der Waals surface area contributed by atoms with Gasteiger partial charge in [0.2, 0.25) is 11.8 Å². The van der Waals surface area contributed by atoms with Crippen LogP contribution in [0.15, 0.2) is 60.8 Å². The Kier molecular flexibility index (Phi) is 7.43. The van der Waals surface area contributed by atoms with E-state index in [9.17, 15) is 9.59 Å². The molecular weight excluding hydrogens is 392 g/mol. The third-order valence-electron chi connectivity index (χ3n) is 5.04. The zero-order valence-electron chi connectivity index (χ0n) is 18.0. The van der Waals surface area contributed by atoms with Crippen LogP contribution in [0.5, 0.6) is 5.75 Å². The maximum absolute atomic E-state index is 12.8. The molecular formula is C24H28N4O3. The second-order valence-corrected chi connectivity index (χ2v) is 7.31. The fourth-order valence-electron chi connectivity index (χ4n) is 3.41. The molecule has 0 bridgehead atoms. The molecule has 2 atom stereocenters. The van der Waals surface area contributed by atoms with Gasteiger partial charge in [-0.05, 0) is 29.7 Å². The van der Waals surface area contributed by atoms with Crippen LogP contribution in [0.25, 0.3) is 11.3 Å². The Balaban J connectivity index is 1.69. The van der Waals surface area contributed by atoms with Gasteiger partial charge in [0.1, 0.15) is 11.6 Å². The normalized spacial score (nSPS) is 12.6. The zero-order valence-corrected chi connectivity index (χ0v) is 18.0. The minimum Gasteiger partial charge on any atom is -0.497 e. The summed E-state index contributed by atoms with van der Waals surface area (Å²) in [7, 11) is 1.59. The van der Waals surface area contributed by atoms with Crippen LogP contribution in [-0.4, -0.2) is 28.9 Å². The number of ether oxygens (including phenoxy) is 1. The van der Waals surface area contributed by atoms with Crippen molar-refractivity contribution < 1.29 is 14.3 Å². The van der Waals surface area contributed by atoms with Crippen molar-refractivity contribution in [2.24, 2.45) is 0 Å². The predicted octanol–water partition coefficient (Wildman–Crippen LogP) is 3.92. The monoisotopic (exact) mass is 420 g/mol. The fraction of sp³-hybridized carbons (Fsp3) is 0.292. The largest absolute Gasteiger partial charge is 0.497 e. The molecule has 0 aliphatic heterocycles. The first-order valence-electron chi connectivity index (χ1n) is 10.3. The number of amides is 2. The number of hydrogen-bond donors (Lipinski definition) is 3. The maximum atomic E-state index is 12.8. The van der Waals surface area contributed by atoms with Crippen LogP contribution in [0.4, 0.5) is 0 Å². The second kappa shape index (κ2) is 10.4. The number of nitrogens with one attached hydrogen (secondary N) is 3. The topological polar surface area (TPSA) is 96.1 Å². The molecule has 2 unspecified atom stereocenters. The lowest BCUT2D eigenvalue weighted by atomic mass is 10.0. The van der Waals surface area contributed by atoms with Gasteiger partial charge in [-0.1, -0.05) is 49.4 Å². The Morgan fingerprint density at radius 2 is 1.74 bits per heavy atom. The van der Waals surface area contributed by atoms with Crippen molar-refractivity contribution >= 4 is 11.8 Å². The van der Waals surface area contributed by atoms with Gasteiger partial charge in [-0.3, -0.25) is 9.59 Å². The van der Waals surface area contributed by atoms with E-state index in [2.05, 4.69) is 20.6 Å². The maximum Gasteiger partial charge on any atom is 0.223 e. The minimum atomic E-state index is -0.433. The lowest BCUT2D eigenvalue weighted by molar-refractivity contribution is -0.123. The first kappa shape index (κ1) is 22.1. The van der Waals surface area contributed by atoms with Crippen LogP contribution < -0.4 is 15.4 Å². The summed E-state index contributed by atoms with van der Waals surface area (Å²) in [6, 6.07) is 16.5. The van der Waals surface area contributed by atoms with Gasteiger partial charge in [-0.15, -0.1) is 0 Å². The number of rotatable bonds is 9. The van der Waals surface area contributed by atoms with Crippen LogP contribution in [0.2, 0.25) is 0 Å². The molecule has 0 spiro atoms. The average Bonchev–Trinajstić information content (AvgIpc) is 3.27. The van der Waals surface area contributed by atoms with Gasteiger partial charge in [-0.2, -0.15) is 0 Å². The molecule has 31 heavy (non-hydrogen) atoms. The van der Waals surface area contributed by atoms with Gasteiger partial charge in [0.15, 0.2) is 0 Å². The van der Waals surface area contributed by atoms with Crippen LogP contribution >= 0.6 is 0 Å². The Hall–Kier alpha value is -3.61. The van der Waals surface area contributed by atoms with Gasteiger partial charge < -0.3 is 20.4 Å². The van der Waals surface area contributed by atoms with Crippen molar-refractivity contribution in [3.63, 3.8) is 0 Å². The number of carbonyl (C=O) groups is 2. The summed E-state index contributed by atoms with van der Waals surface area (Å²) >= 11 is 0. The molecule has 7 nitrogen and oxygen atoms in total. The van der Waals surface area contributed by atoms with Crippen LogP contribution in [0.1, 0.15) is 50.2 Å². The van der Waals surface area contributed by atoms with E-state index in [1.807, 2.05) is 61.5 Å². The standard InChI is InChI=1S/C24H28N4O3/c1-4-20(24-25-15-22(28-24)17-8-6-5-7-9-17)27-23(30)14-21(26-16(2)29)18-10-12-19(31-3)13-11-18/h5-13,15,20-21H,4,14H2,1-3H3,(H,25,28)(H,26,29)(H,27,30). The molecule has 0 saturated heterocycles. The number of methoxy groups -OCH3 is 1. The van der Waals surface area contributed by atoms with Crippen molar-refractivity contribution in [2.45, 2.75) is 38.8 Å². The summed E-state index contributed by atoms with van der Waals surface area (Å²) in [6.07, 6.45) is 2.58. The van der Waals surface area contributed by atoms with Crippen LogP contribution in [0.3, 0.4) is 0 Å². The SMILES string of the molecule is CCC(NC(=O)CC(NC(C)=O)c1ccc(OC)cc1)c1ncc(-c2ccccc2)[nH]1. The molecule has 3 rings (SSSR count). The lowest BCUT2D eigenvalue weighted by Gasteiger charge is -2.20. The number of carbonyl (C=O) groups excluding carboxylic acids is 2. The molecule has 2 aromatic carbocycles. The first-order chi connectivity index (χ1) is 15.0. The highest BCUT2D eigenvalue weighted by Gasteiger charge is 2.21. The van der Waals surface area contributed by atoms with Crippen LogP contribution in [-0.2, 0) is 9.59 Å². The van der Waals surface area contributed by atoms with E-state index in [0.29, 0.717) is 18.0 Å². The van der Waals surface area contributed by atoms with Gasteiger partial charge in [0, 0.05) is 6.92 Å². The van der Waals surface area contributed by atoms with Crippen molar-refractivity contribution in [3.8, 4) is 17.0 Å². The summed E-state index contributed by atoms with van der Waals surface area (Å²) in [6.45, 7) is 3.43. The third kappa shape index (κ3) is 5.94. The summed E-state index contributed by atoms with van der Waals surface area (Å²) in [4.78, 5) is 32.3.